The normalized spacial score (nSPS) is 14.6. The van der Waals surface area contributed by atoms with Crippen molar-refractivity contribution in [2.75, 3.05) is 6.61 Å². The highest BCUT2D eigenvalue weighted by Crippen LogP contribution is 2.44. The number of alkyl carbamates (subject to hydrolysis) is 1. The van der Waals surface area contributed by atoms with Gasteiger partial charge in [0, 0.05) is 12.0 Å². The summed E-state index contributed by atoms with van der Waals surface area (Å²) in [6.45, 7) is 9.76. The molecular weight excluding hydrogens is 444 g/mol. The number of hydrogen-bond acceptors (Lipinski definition) is 4. The maximum atomic E-state index is 13.0. The molecule has 0 aromatic heterocycles. The third-order valence-electron chi connectivity index (χ3n) is 6.19. The molecule has 1 aliphatic rings. The smallest absolute Gasteiger partial charge is 0.407 e. The van der Waals surface area contributed by atoms with E-state index in [1.165, 1.54) is 0 Å². The molecule has 0 fully saturated rings. The first kappa shape index (κ1) is 26.3. The van der Waals surface area contributed by atoms with Crippen molar-refractivity contribution in [2.45, 2.75) is 65.5 Å². The van der Waals surface area contributed by atoms with Crippen LogP contribution in [0.5, 0.6) is 0 Å². The van der Waals surface area contributed by atoms with Crippen molar-refractivity contribution in [3.8, 4) is 11.1 Å². The standard InChI is InChI=1S/C28H36N2O5/c1-17(2)25(26(33)29-18(14-24(31)32)15-28(3,4)5)30-27(34)35-16-23-21-12-8-6-10-19(21)20-11-7-9-13-22(20)23/h6-13,17-18,23,25H,14-16H2,1-5H3,(H,29,33)(H,30,34)(H,31,32)/t18?,25-/m1/s1. The Balaban J connectivity index is 1.65. The highest BCUT2D eigenvalue weighted by Gasteiger charge is 2.31. The van der Waals surface area contributed by atoms with Gasteiger partial charge in [0.05, 0.1) is 6.42 Å². The van der Waals surface area contributed by atoms with E-state index in [1.807, 2.05) is 71.0 Å². The van der Waals surface area contributed by atoms with Gasteiger partial charge in [0.2, 0.25) is 5.91 Å². The molecule has 3 rings (SSSR count). The minimum Gasteiger partial charge on any atom is -0.481 e. The second-order valence-corrected chi connectivity index (χ2v) is 10.8. The summed E-state index contributed by atoms with van der Waals surface area (Å²) in [5.41, 5.74) is 4.33. The number of hydrogen-bond donors (Lipinski definition) is 3. The molecule has 7 heteroatoms. The van der Waals surface area contributed by atoms with E-state index in [2.05, 4.69) is 22.8 Å². The fraction of sp³-hybridized carbons (Fsp3) is 0.464. The van der Waals surface area contributed by atoms with Crippen LogP contribution in [-0.2, 0) is 14.3 Å². The van der Waals surface area contributed by atoms with E-state index in [0.29, 0.717) is 6.42 Å². The molecule has 0 bridgehead atoms. The van der Waals surface area contributed by atoms with Crippen LogP contribution in [0.4, 0.5) is 4.79 Å². The van der Waals surface area contributed by atoms with Gasteiger partial charge in [-0.05, 0) is 40.0 Å². The third kappa shape index (κ3) is 6.84. The zero-order valence-corrected chi connectivity index (χ0v) is 21.1. The Labute approximate surface area is 207 Å². The molecule has 1 aliphatic carbocycles. The molecule has 2 amide bonds. The Morgan fingerprint density at radius 3 is 1.97 bits per heavy atom. The monoisotopic (exact) mass is 480 g/mol. The summed E-state index contributed by atoms with van der Waals surface area (Å²) in [5, 5.41) is 14.8. The largest absolute Gasteiger partial charge is 0.481 e. The molecule has 2 aromatic carbocycles. The lowest BCUT2D eigenvalue weighted by molar-refractivity contribution is -0.138. The number of nitrogens with one attached hydrogen (secondary N) is 2. The van der Waals surface area contributed by atoms with Crippen molar-refractivity contribution in [3.05, 3.63) is 59.7 Å². The van der Waals surface area contributed by atoms with Gasteiger partial charge in [-0.3, -0.25) is 9.59 Å². The molecule has 2 atom stereocenters. The van der Waals surface area contributed by atoms with E-state index in [9.17, 15) is 19.5 Å². The van der Waals surface area contributed by atoms with E-state index in [0.717, 1.165) is 22.3 Å². The molecule has 0 radical (unpaired) electrons. The predicted molar refractivity (Wildman–Crippen MR) is 135 cm³/mol. The van der Waals surface area contributed by atoms with Crippen LogP contribution in [0.1, 0.15) is 64.5 Å². The molecule has 0 aliphatic heterocycles. The SMILES string of the molecule is CC(C)[C@@H](NC(=O)OCC1c2ccccc2-c2ccccc21)C(=O)NC(CC(=O)O)CC(C)(C)C. The number of carbonyl (C=O) groups is 3. The molecule has 0 spiro atoms. The predicted octanol–water partition coefficient (Wildman–Crippen LogP) is 4.95. The number of aliphatic carboxylic acids is 1. The first-order chi connectivity index (χ1) is 16.5. The van der Waals surface area contributed by atoms with E-state index in [-0.39, 0.29) is 30.3 Å². The molecule has 0 heterocycles. The van der Waals surface area contributed by atoms with Crippen molar-refractivity contribution >= 4 is 18.0 Å². The lowest BCUT2D eigenvalue weighted by Crippen LogP contribution is -2.53. The first-order valence-corrected chi connectivity index (χ1v) is 12.1. The van der Waals surface area contributed by atoms with E-state index in [4.69, 9.17) is 4.74 Å². The molecule has 35 heavy (non-hydrogen) atoms. The number of rotatable bonds is 9. The Hall–Kier alpha value is -3.35. The Bertz CT molecular complexity index is 1030. The van der Waals surface area contributed by atoms with Gasteiger partial charge >= 0.3 is 12.1 Å². The van der Waals surface area contributed by atoms with Gasteiger partial charge in [0.1, 0.15) is 12.6 Å². The molecule has 7 nitrogen and oxygen atoms in total. The third-order valence-corrected chi connectivity index (χ3v) is 6.19. The lowest BCUT2D eigenvalue weighted by Gasteiger charge is -2.29. The first-order valence-electron chi connectivity index (χ1n) is 12.1. The summed E-state index contributed by atoms with van der Waals surface area (Å²) >= 11 is 0. The molecule has 2 aromatic rings. The van der Waals surface area contributed by atoms with Crippen molar-refractivity contribution in [3.63, 3.8) is 0 Å². The Kier molecular flexibility index (Phi) is 8.20. The van der Waals surface area contributed by atoms with Crippen LogP contribution in [0.15, 0.2) is 48.5 Å². The number of fused-ring (bicyclic) bond motifs is 3. The van der Waals surface area contributed by atoms with Crippen molar-refractivity contribution < 1.29 is 24.2 Å². The van der Waals surface area contributed by atoms with Crippen LogP contribution >= 0.6 is 0 Å². The highest BCUT2D eigenvalue weighted by atomic mass is 16.5. The van der Waals surface area contributed by atoms with E-state index in [1.54, 1.807) is 0 Å². The Morgan fingerprint density at radius 2 is 1.49 bits per heavy atom. The van der Waals surface area contributed by atoms with Crippen molar-refractivity contribution in [1.82, 2.24) is 10.6 Å². The number of ether oxygens (including phenoxy) is 1. The zero-order chi connectivity index (χ0) is 25.8. The van der Waals surface area contributed by atoms with Crippen LogP contribution < -0.4 is 10.6 Å². The summed E-state index contributed by atoms with van der Waals surface area (Å²) in [4.78, 5) is 37.0. The molecule has 188 valence electrons. The summed E-state index contributed by atoms with van der Waals surface area (Å²) in [6.07, 6.45) is -0.356. The summed E-state index contributed by atoms with van der Waals surface area (Å²) in [5.74, 6) is -1.68. The summed E-state index contributed by atoms with van der Waals surface area (Å²) < 4.78 is 5.60. The minimum atomic E-state index is -0.981. The number of benzene rings is 2. The summed E-state index contributed by atoms with van der Waals surface area (Å²) in [7, 11) is 0. The van der Waals surface area contributed by atoms with Gasteiger partial charge in [-0.2, -0.15) is 0 Å². The quantitative estimate of drug-likeness (QED) is 0.471. The number of carboxylic acid groups (broad SMARTS) is 1. The Morgan fingerprint density at radius 1 is 0.943 bits per heavy atom. The van der Waals surface area contributed by atoms with Crippen LogP contribution in [0.25, 0.3) is 11.1 Å². The average molecular weight is 481 g/mol. The highest BCUT2D eigenvalue weighted by molar-refractivity contribution is 5.86. The van der Waals surface area contributed by atoms with E-state index < -0.39 is 30.1 Å². The van der Waals surface area contributed by atoms with Crippen LogP contribution in [0, 0.1) is 11.3 Å². The van der Waals surface area contributed by atoms with Gasteiger partial charge < -0.3 is 20.5 Å². The molecule has 0 saturated heterocycles. The fourth-order valence-corrected chi connectivity index (χ4v) is 4.72. The molecular formula is C28H36N2O5. The van der Waals surface area contributed by atoms with Crippen LogP contribution in [0.2, 0.25) is 0 Å². The van der Waals surface area contributed by atoms with Crippen LogP contribution in [-0.4, -0.2) is 41.8 Å². The van der Waals surface area contributed by atoms with E-state index >= 15 is 0 Å². The van der Waals surface area contributed by atoms with Gasteiger partial charge in [-0.1, -0.05) is 83.1 Å². The fourth-order valence-electron chi connectivity index (χ4n) is 4.72. The van der Waals surface area contributed by atoms with Gasteiger partial charge in [-0.25, -0.2) is 4.79 Å². The second-order valence-electron chi connectivity index (χ2n) is 10.8. The number of carboxylic acids is 1. The van der Waals surface area contributed by atoms with Crippen molar-refractivity contribution in [2.24, 2.45) is 11.3 Å². The molecule has 3 N–H and O–H groups in total. The topological polar surface area (TPSA) is 105 Å². The average Bonchev–Trinajstić information content (AvgIpc) is 3.08. The van der Waals surface area contributed by atoms with Gasteiger partial charge in [0.25, 0.3) is 0 Å². The minimum absolute atomic E-state index is 0.0776. The number of carbonyl (C=O) groups excluding carboxylic acids is 2. The maximum absolute atomic E-state index is 13.0. The molecule has 1 unspecified atom stereocenters. The maximum Gasteiger partial charge on any atom is 0.407 e. The lowest BCUT2D eigenvalue weighted by atomic mass is 9.86. The molecule has 0 saturated carbocycles. The summed E-state index contributed by atoms with van der Waals surface area (Å²) in [6, 6.07) is 14.8. The number of amides is 2. The van der Waals surface area contributed by atoms with Gasteiger partial charge in [-0.15, -0.1) is 0 Å². The van der Waals surface area contributed by atoms with Gasteiger partial charge in [0.15, 0.2) is 0 Å². The second kappa shape index (κ2) is 10.9. The van der Waals surface area contributed by atoms with Crippen molar-refractivity contribution in [1.29, 1.82) is 0 Å². The zero-order valence-electron chi connectivity index (χ0n) is 21.1. The van der Waals surface area contributed by atoms with Crippen LogP contribution in [0.3, 0.4) is 0 Å².